The molecule has 1 aliphatic heterocycles. The Morgan fingerprint density at radius 3 is 2.36 bits per heavy atom. The fourth-order valence-corrected chi connectivity index (χ4v) is 3.42. The van der Waals surface area contributed by atoms with Gasteiger partial charge in [0.05, 0.1) is 5.92 Å². The number of carbonyl (C=O) groups is 3. The predicted octanol–water partition coefficient (Wildman–Crippen LogP) is 2.13. The Morgan fingerprint density at radius 2 is 1.79 bits per heavy atom. The number of amides is 2. The highest BCUT2D eigenvalue weighted by Gasteiger charge is 2.31. The summed E-state index contributed by atoms with van der Waals surface area (Å²) in [4.78, 5) is 36.8. The maximum Gasteiger partial charge on any atom is 0.308 e. The quantitative estimate of drug-likeness (QED) is 0.599. The summed E-state index contributed by atoms with van der Waals surface area (Å²) in [5, 5.41) is 15.1. The van der Waals surface area contributed by atoms with Gasteiger partial charge in [-0.25, -0.2) is 0 Å². The van der Waals surface area contributed by atoms with Gasteiger partial charge >= 0.3 is 5.97 Å². The van der Waals surface area contributed by atoms with Crippen LogP contribution in [0.4, 0.5) is 0 Å². The molecule has 2 unspecified atom stereocenters. The maximum absolute atomic E-state index is 12.8. The van der Waals surface area contributed by atoms with Gasteiger partial charge < -0.3 is 20.5 Å². The number of hydrogen-bond acceptors (Lipinski definition) is 4. The third-order valence-corrected chi connectivity index (χ3v) is 4.94. The van der Waals surface area contributed by atoms with Gasteiger partial charge in [0.2, 0.25) is 11.8 Å². The van der Waals surface area contributed by atoms with Crippen molar-refractivity contribution < 1.29 is 24.2 Å². The first-order valence-electron chi connectivity index (χ1n) is 9.81. The second kappa shape index (κ2) is 10.8. The van der Waals surface area contributed by atoms with E-state index in [2.05, 4.69) is 10.6 Å². The molecule has 154 valence electrons. The summed E-state index contributed by atoms with van der Waals surface area (Å²) < 4.78 is 5.30. The zero-order chi connectivity index (χ0) is 20.5. The van der Waals surface area contributed by atoms with Gasteiger partial charge in [0.25, 0.3) is 0 Å². The van der Waals surface area contributed by atoms with Gasteiger partial charge in [0.15, 0.2) is 0 Å². The minimum atomic E-state index is -0.924. The van der Waals surface area contributed by atoms with Crippen molar-refractivity contribution in [2.75, 3.05) is 19.8 Å². The van der Waals surface area contributed by atoms with Crippen molar-refractivity contribution in [3.8, 4) is 0 Å². The van der Waals surface area contributed by atoms with E-state index < -0.39 is 23.8 Å². The summed E-state index contributed by atoms with van der Waals surface area (Å²) in [7, 11) is 0. The van der Waals surface area contributed by atoms with E-state index in [9.17, 15) is 19.5 Å². The van der Waals surface area contributed by atoms with Crippen molar-refractivity contribution in [1.82, 2.24) is 10.6 Å². The lowest BCUT2D eigenvalue weighted by atomic mass is 9.86. The van der Waals surface area contributed by atoms with E-state index in [1.807, 2.05) is 19.9 Å². The van der Waals surface area contributed by atoms with Crippen LogP contribution in [0.1, 0.15) is 44.7 Å². The van der Waals surface area contributed by atoms with Crippen LogP contribution in [0.5, 0.6) is 0 Å². The molecule has 0 aromatic heterocycles. The second-order valence-electron chi connectivity index (χ2n) is 7.65. The van der Waals surface area contributed by atoms with Crippen LogP contribution in [-0.4, -0.2) is 42.6 Å². The number of nitrogens with one attached hydrogen (secondary N) is 2. The summed E-state index contributed by atoms with van der Waals surface area (Å²) in [6.45, 7) is 4.98. The van der Waals surface area contributed by atoms with E-state index in [-0.39, 0.29) is 24.3 Å². The highest BCUT2D eigenvalue weighted by Crippen LogP contribution is 2.24. The number of hydrogen-bond donors (Lipinski definition) is 3. The largest absolute Gasteiger partial charge is 0.481 e. The lowest BCUT2D eigenvalue weighted by Gasteiger charge is -2.28. The van der Waals surface area contributed by atoms with Crippen LogP contribution in [0.25, 0.3) is 0 Å². The monoisotopic (exact) mass is 390 g/mol. The Kier molecular flexibility index (Phi) is 8.44. The standard InChI is InChI=1S/C21H30N2O5/c1-14(2)12-18(24)23-19(16-6-4-3-5-7-16)20(25)22-13-17(21(26)27)15-8-10-28-11-9-15/h3-7,14-15,17,19H,8-13H2,1-2H3,(H,22,25)(H,23,24)(H,26,27). The highest BCUT2D eigenvalue weighted by atomic mass is 16.5. The normalized spacial score (nSPS) is 17.0. The first-order chi connectivity index (χ1) is 13.4. The lowest BCUT2D eigenvalue weighted by molar-refractivity contribution is -0.145. The average molecular weight is 390 g/mol. The van der Waals surface area contributed by atoms with Crippen LogP contribution in [0.15, 0.2) is 30.3 Å². The Labute approximate surface area is 165 Å². The topological polar surface area (TPSA) is 105 Å². The number of carboxylic acids is 1. The third-order valence-electron chi connectivity index (χ3n) is 4.94. The van der Waals surface area contributed by atoms with Crippen molar-refractivity contribution in [2.24, 2.45) is 17.8 Å². The Morgan fingerprint density at radius 1 is 1.14 bits per heavy atom. The highest BCUT2D eigenvalue weighted by molar-refractivity contribution is 5.89. The van der Waals surface area contributed by atoms with Crippen molar-refractivity contribution in [3.63, 3.8) is 0 Å². The number of carboxylic acid groups (broad SMARTS) is 1. The fraction of sp³-hybridized carbons (Fsp3) is 0.571. The van der Waals surface area contributed by atoms with Crippen molar-refractivity contribution in [3.05, 3.63) is 35.9 Å². The third kappa shape index (κ3) is 6.64. The van der Waals surface area contributed by atoms with E-state index in [4.69, 9.17) is 4.74 Å². The molecule has 7 heteroatoms. The van der Waals surface area contributed by atoms with Crippen LogP contribution in [0.2, 0.25) is 0 Å². The molecule has 2 atom stereocenters. The molecule has 0 saturated carbocycles. The molecule has 2 amide bonds. The number of benzene rings is 1. The number of ether oxygens (including phenoxy) is 1. The SMILES string of the molecule is CC(C)CC(=O)NC(C(=O)NCC(C(=O)O)C1CCOCC1)c1ccccc1. The lowest BCUT2D eigenvalue weighted by Crippen LogP contribution is -2.44. The maximum atomic E-state index is 12.8. The molecule has 0 radical (unpaired) electrons. The molecular weight excluding hydrogens is 360 g/mol. The van der Waals surface area contributed by atoms with Crippen LogP contribution in [0.3, 0.4) is 0 Å². The van der Waals surface area contributed by atoms with Crippen molar-refractivity contribution in [1.29, 1.82) is 0 Å². The second-order valence-corrected chi connectivity index (χ2v) is 7.65. The van der Waals surface area contributed by atoms with Gasteiger partial charge in [-0.3, -0.25) is 14.4 Å². The van der Waals surface area contributed by atoms with E-state index in [1.165, 1.54) is 0 Å². The van der Waals surface area contributed by atoms with E-state index >= 15 is 0 Å². The van der Waals surface area contributed by atoms with Crippen LogP contribution >= 0.6 is 0 Å². The molecule has 2 rings (SSSR count). The van der Waals surface area contributed by atoms with Gasteiger partial charge in [-0.2, -0.15) is 0 Å². The molecule has 1 fully saturated rings. The van der Waals surface area contributed by atoms with E-state index in [0.29, 0.717) is 38.0 Å². The molecule has 0 spiro atoms. The zero-order valence-corrected chi connectivity index (χ0v) is 16.5. The van der Waals surface area contributed by atoms with Crippen molar-refractivity contribution >= 4 is 17.8 Å². The zero-order valence-electron chi connectivity index (χ0n) is 16.5. The van der Waals surface area contributed by atoms with Crippen LogP contribution in [0, 0.1) is 17.8 Å². The van der Waals surface area contributed by atoms with E-state index in [1.54, 1.807) is 24.3 Å². The Balaban J connectivity index is 2.06. The minimum Gasteiger partial charge on any atom is -0.481 e. The van der Waals surface area contributed by atoms with Crippen LogP contribution < -0.4 is 10.6 Å². The smallest absolute Gasteiger partial charge is 0.308 e. The Hall–Kier alpha value is -2.41. The van der Waals surface area contributed by atoms with Gasteiger partial charge in [-0.05, 0) is 30.2 Å². The summed E-state index contributed by atoms with van der Waals surface area (Å²) in [5.74, 6) is -2.07. The van der Waals surface area contributed by atoms with E-state index in [0.717, 1.165) is 0 Å². The minimum absolute atomic E-state index is 0.0300. The molecule has 0 bridgehead atoms. The van der Waals surface area contributed by atoms with Crippen LogP contribution in [-0.2, 0) is 19.1 Å². The first kappa shape index (κ1) is 21.9. The molecule has 0 aliphatic carbocycles. The van der Waals surface area contributed by atoms with Gasteiger partial charge in [-0.15, -0.1) is 0 Å². The molecule has 1 aromatic carbocycles. The van der Waals surface area contributed by atoms with Gasteiger partial charge in [0, 0.05) is 26.2 Å². The fourth-order valence-electron chi connectivity index (χ4n) is 3.42. The summed E-state index contributed by atoms with van der Waals surface area (Å²) in [5.41, 5.74) is 0.662. The predicted molar refractivity (Wildman–Crippen MR) is 104 cm³/mol. The van der Waals surface area contributed by atoms with Crippen molar-refractivity contribution in [2.45, 2.75) is 39.2 Å². The number of aliphatic carboxylic acids is 1. The summed E-state index contributed by atoms with van der Waals surface area (Å²) in [6.07, 6.45) is 1.65. The number of rotatable bonds is 9. The molecule has 1 aromatic rings. The summed E-state index contributed by atoms with van der Waals surface area (Å²) >= 11 is 0. The molecule has 1 heterocycles. The molecule has 1 saturated heterocycles. The summed E-state index contributed by atoms with van der Waals surface area (Å²) in [6, 6.07) is 8.12. The molecule has 3 N–H and O–H groups in total. The average Bonchev–Trinajstić information content (AvgIpc) is 2.67. The molecule has 28 heavy (non-hydrogen) atoms. The molecular formula is C21H30N2O5. The molecule has 1 aliphatic rings. The first-order valence-corrected chi connectivity index (χ1v) is 9.81. The molecule has 7 nitrogen and oxygen atoms in total. The van der Waals surface area contributed by atoms with Gasteiger partial charge in [0.1, 0.15) is 6.04 Å². The number of carbonyl (C=O) groups excluding carboxylic acids is 2. The Bertz CT molecular complexity index is 656. The van der Waals surface area contributed by atoms with Gasteiger partial charge in [-0.1, -0.05) is 44.2 Å².